The second-order valence-electron chi connectivity index (χ2n) is 6.29. The first kappa shape index (κ1) is 16.5. The third-order valence-electron chi connectivity index (χ3n) is 3.94. The van der Waals surface area contributed by atoms with E-state index in [-0.39, 0.29) is 5.91 Å². The van der Waals surface area contributed by atoms with Gasteiger partial charge in [-0.05, 0) is 44.7 Å². The highest BCUT2D eigenvalue weighted by atomic mass is 16.1. The fraction of sp³-hybridized carbons (Fsp3) is 0.938. The van der Waals surface area contributed by atoms with E-state index in [0.717, 1.165) is 19.4 Å². The van der Waals surface area contributed by atoms with Gasteiger partial charge in [0.25, 0.3) is 0 Å². The molecule has 0 spiro atoms. The number of amides is 1. The molecule has 0 aliphatic carbocycles. The van der Waals surface area contributed by atoms with Crippen LogP contribution in [0.4, 0.5) is 0 Å². The SMILES string of the molecule is CCCCC(=O)NCC(CC(C)C)N1CCCCC1. The van der Waals surface area contributed by atoms with Crippen LogP contribution in [0, 0.1) is 5.92 Å². The van der Waals surface area contributed by atoms with Crippen molar-refractivity contribution in [1.29, 1.82) is 0 Å². The molecular weight excluding hydrogens is 236 g/mol. The molecule has 1 unspecified atom stereocenters. The molecule has 19 heavy (non-hydrogen) atoms. The molecule has 1 atom stereocenters. The summed E-state index contributed by atoms with van der Waals surface area (Å²) in [5.41, 5.74) is 0. The fourth-order valence-corrected chi connectivity index (χ4v) is 2.85. The Morgan fingerprint density at radius 3 is 2.47 bits per heavy atom. The van der Waals surface area contributed by atoms with Crippen LogP contribution in [0.3, 0.4) is 0 Å². The second kappa shape index (κ2) is 9.35. The molecule has 1 fully saturated rings. The summed E-state index contributed by atoms with van der Waals surface area (Å²) in [7, 11) is 0. The minimum Gasteiger partial charge on any atom is -0.355 e. The van der Waals surface area contributed by atoms with Gasteiger partial charge < -0.3 is 5.32 Å². The zero-order valence-corrected chi connectivity index (χ0v) is 13.1. The van der Waals surface area contributed by atoms with Gasteiger partial charge in [-0.25, -0.2) is 0 Å². The average molecular weight is 268 g/mol. The largest absolute Gasteiger partial charge is 0.355 e. The van der Waals surface area contributed by atoms with Crippen molar-refractivity contribution in [2.75, 3.05) is 19.6 Å². The second-order valence-corrected chi connectivity index (χ2v) is 6.29. The van der Waals surface area contributed by atoms with E-state index >= 15 is 0 Å². The molecule has 1 aliphatic rings. The Kier molecular flexibility index (Phi) is 8.11. The predicted octanol–water partition coefficient (Wildman–Crippen LogP) is 3.19. The van der Waals surface area contributed by atoms with E-state index in [4.69, 9.17) is 0 Å². The topological polar surface area (TPSA) is 32.3 Å². The van der Waals surface area contributed by atoms with E-state index in [1.807, 2.05) is 0 Å². The molecule has 1 N–H and O–H groups in total. The molecule has 0 saturated carbocycles. The van der Waals surface area contributed by atoms with E-state index in [1.54, 1.807) is 0 Å². The molecule has 0 aromatic rings. The van der Waals surface area contributed by atoms with Gasteiger partial charge in [0.05, 0.1) is 0 Å². The van der Waals surface area contributed by atoms with E-state index in [1.165, 1.54) is 38.8 Å². The summed E-state index contributed by atoms with van der Waals surface area (Å²) < 4.78 is 0. The van der Waals surface area contributed by atoms with Gasteiger partial charge in [-0.1, -0.05) is 33.6 Å². The normalized spacial score (nSPS) is 18.5. The molecule has 3 nitrogen and oxygen atoms in total. The van der Waals surface area contributed by atoms with E-state index in [0.29, 0.717) is 18.4 Å². The summed E-state index contributed by atoms with van der Waals surface area (Å²) >= 11 is 0. The van der Waals surface area contributed by atoms with Crippen molar-refractivity contribution in [2.24, 2.45) is 5.92 Å². The Labute approximate surface area is 119 Å². The number of hydrogen-bond donors (Lipinski definition) is 1. The number of hydrogen-bond acceptors (Lipinski definition) is 2. The molecule has 0 aromatic carbocycles. The molecule has 3 heteroatoms. The number of piperidine rings is 1. The van der Waals surface area contributed by atoms with Crippen LogP contribution in [-0.4, -0.2) is 36.5 Å². The van der Waals surface area contributed by atoms with Crippen LogP contribution in [0.2, 0.25) is 0 Å². The maximum absolute atomic E-state index is 11.7. The number of nitrogens with zero attached hydrogens (tertiary/aromatic N) is 1. The predicted molar refractivity (Wildman–Crippen MR) is 81.2 cm³/mol. The maximum atomic E-state index is 11.7. The first-order chi connectivity index (χ1) is 9.13. The highest BCUT2D eigenvalue weighted by molar-refractivity contribution is 5.75. The molecule has 1 amide bonds. The van der Waals surface area contributed by atoms with Crippen molar-refractivity contribution in [3.8, 4) is 0 Å². The van der Waals surface area contributed by atoms with Crippen molar-refractivity contribution in [2.45, 2.75) is 71.8 Å². The minimum atomic E-state index is 0.229. The standard InChI is InChI=1S/C16H32N2O/c1-4-5-9-16(19)17-13-15(12-14(2)3)18-10-7-6-8-11-18/h14-15H,4-13H2,1-3H3,(H,17,19). The summed E-state index contributed by atoms with van der Waals surface area (Å²) in [5, 5.41) is 3.14. The summed E-state index contributed by atoms with van der Waals surface area (Å²) in [5.74, 6) is 0.923. The number of carbonyl (C=O) groups is 1. The van der Waals surface area contributed by atoms with Gasteiger partial charge in [-0.2, -0.15) is 0 Å². The minimum absolute atomic E-state index is 0.229. The van der Waals surface area contributed by atoms with Gasteiger partial charge in [0.15, 0.2) is 0 Å². The average Bonchev–Trinajstić information content (AvgIpc) is 2.41. The number of rotatable bonds is 8. The summed E-state index contributed by atoms with van der Waals surface area (Å²) in [6.07, 6.45) is 7.98. The number of unbranched alkanes of at least 4 members (excludes halogenated alkanes) is 1. The molecular formula is C16H32N2O. The van der Waals surface area contributed by atoms with Gasteiger partial charge >= 0.3 is 0 Å². The highest BCUT2D eigenvalue weighted by Gasteiger charge is 2.21. The monoisotopic (exact) mass is 268 g/mol. The Hall–Kier alpha value is -0.570. The van der Waals surface area contributed by atoms with Crippen LogP contribution in [0.1, 0.15) is 65.7 Å². The molecule has 0 aromatic heterocycles. The molecule has 1 aliphatic heterocycles. The summed E-state index contributed by atoms with van der Waals surface area (Å²) in [6, 6.07) is 0.533. The molecule has 1 saturated heterocycles. The van der Waals surface area contributed by atoms with Gasteiger partial charge in [0, 0.05) is 19.0 Å². The molecule has 1 heterocycles. The quantitative estimate of drug-likeness (QED) is 0.733. The lowest BCUT2D eigenvalue weighted by Crippen LogP contribution is -2.46. The van der Waals surface area contributed by atoms with Crippen LogP contribution in [0.15, 0.2) is 0 Å². The van der Waals surface area contributed by atoms with E-state index in [2.05, 4.69) is 31.0 Å². The number of likely N-dealkylation sites (tertiary alicyclic amines) is 1. The van der Waals surface area contributed by atoms with Crippen LogP contribution >= 0.6 is 0 Å². The van der Waals surface area contributed by atoms with E-state index in [9.17, 15) is 4.79 Å². The fourth-order valence-electron chi connectivity index (χ4n) is 2.85. The van der Waals surface area contributed by atoms with Crippen LogP contribution in [0.5, 0.6) is 0 Å². The Bertz CT molecular complexity index is 247. The van der Waals surface area contributed by atoms with Crippen LogP contribution < -0.4 is 5.32 Å². The first-order valence-electron chi connectivity index (χ1n) is 8.14. The Morgan fingerprint density at radius 1 is 1.21 bits per heavy atom. The third-order valence-corrected chi connectivity index (χ3v) is 3.94. The Morgan fingerprint density at radius 2 is 1.89 bits per heavy atom. The van der Waals surface area contributed by atoms with Gasteiger partial charge in [0.1, 0.15) is 0 Å². The molecule has 0 radical (unpaired) electrons. The van der Waals surface area contributed by atoms with Crippen molar-refractivity contribution >= 4 is 5.91 Å². The lowest BCUT2D eigenvalue weighted by atomic mass is 9.99. The highest BCUT2D eigenvalue weighted by Crippen LogP contribution is 2.17. The summed E-state index contributed by atoms with van der Waals surface area (Å²) in [6.45, 7) is 9.93. The Balaban J connectivity index is 2.37. The molecule has 1 rings (SSSR count). The van der Waals surface area contributed by atoms with Crippen molar-refractivity contribution in [1.82, 2.24) is 10.2 Å². The van der Waals surface area contributed by atoms with E-state index < -0.39 is 0 Å². The van der Waals surface area contributed by atoms with Crippen LogP contribution in [0.25, 0.3) is 0 Å². The molecule has 0 bridgehead atoms. The number of carbonyl (C=O) groups excluding carboxylic acids is 1. The lowest BCUT2D eigenvalue weighted by Gasteiger charge is -2.35. The third kappa shape index (κ3) is 6.95. The molecule has 112 valence electrons. The zero-order chi connectivity index (χ0) is 14.1. The van der Waals surface area contributed by atoms with Crippen molar-refractivity contribution < 1.29 is 4.79 Å². The van der Waals surface area contributed by atoms with Gasteiger partial charge in [0.2, 0.25) is 5.91 Å². The van der Waals surface area contributed by atoms with Gasteiger partial charge in [-0.3, -0.25) is 9.69 Å². The zero-order valence-electron chi connectivity index (χ0n) is 13.1. The van der Waals surface area contributed by atoms with Crippen molar-refractivity contribution in [3.63, 3.8) is 0 Å². The smallest absolute Gasteiger partial charge is 0.220 e. The van der Waals surface area contributed by atoms with Crippen molar-refractivity contribution in [3.05, 3.63) is 0 Å². The first-order valence-corrected chi connectivity index (χ1v) is 8.14. The maximum Gasteiger partial charge on any atom is 0.220 e. The summed E-state index contributed by atoms with van der Waals surface area (Å²) in [4.78, 5) is 14.3. The van der Waals surface area contributed by atoms with Crippen LogP contribution in [-0.2, 0) is 4.79 Å². The van der Waals surface area contributed by atoms with Gasteiger partial charge in [-0.15, -0.1) is 0 Å². The lowest BCUT2D eigenvalue weighted by molar-refractivity contribution is -0.121. The number of nitrogens with one attached hydrogen (secondary N) is 1.